The fourth-order valence-corrected chi connectivity index (χ4v) is 1.25. The molecule has 0 aromatic carbocycles. The van der Waals surface area contributed by atoms with Gasteiger partial charge in [-0.2, -0.15) is 0 Å². The van der Waals surface area contributed by atoms with E-state index in [4.69, 9.17) is 0 Å². The number of nitrogens with zero attached hydrogens (tertiary/aromatic N) is 1. The summed E-state index contributed by atoms with van der Waals surface area (Å²) in [6.07, 6.45) is 3.73. The molecule has 3 nitrogen and oxygen atoms in total. The summed E-state index contributed by atoms with van der Waals surface area (Å²) in [5.74, 6) is 0. The molecular formula is C9H18N2O. The third-order valence-corrected chi connectivity index (χ3v) is 2.73. The van der Waals surface area contributed by atoms with Gasteiger partial charge in [0.2, 0.25) is 0 Å². The van der Waals surface area contributed by atoms with Crippen molar-refractivity contribution in [1.82, 2.24) is 10.2 Å². The van der Waals surface area contributed by atoms with Gasteiger partial charge < -0.3 is 10.2 Å². The summed E-state index contributed by atoms with van der Waals surface area (Å²) in [7, 11) is 3.53. The van der Waals surface area contributed by atoms with Gasteiger partial charge in [0.05, 0.1) is 0 Å². The number of hydrogen-bond acceptors (Lipinski definition) is 1. The Morgan fingerprint density at radius 1 is 1.50 bits per heavy atom. The normalized spacial score (nSPS) is 18.6. The highest BCUT2D eigenvalue weighted by Gasteiger charge is 2.40. The number of carbonyl (C=O) groups is 1. The van der Waals surface area contributed by atoms with Crippen molar-refractivity contribution in [2.45, 2.75) is 26.2 Å². The summed E-state index contributed by atoms with van der Waals surface area (Å²) in [5, 5.41) is 2.92. The Kier molecular flexibility index (Phi) is 2.60. The van der Waals surface area contributed by atoms with Crippen LogP contribution >= 0.6 is 0 Å². The molecule has 1 fully saturated rings. The lowest BCUT2D eigenvalue weighted by Gasteiger charge is -2.16. The molecule has 0 bridgehead atoms. The average Bonchev–Trinajstić information content (AvgIpc) is 2.81. The van der Waals surface area contributed by atoms with Crippen LogP contribution in [0.15, 0.2) is 0 Å². The maximum atomic E-state index is 11.1. The van der Waals surface area contributed by atoms with Crippen LogP contribution in [0, 0.1) is 5.41 Å². The first-order chi connectivity index (χ1) is 5.59. The van der Waals surface area contributed by atoms with Crippen molar-refractivity contribution in [3.8, 4) is 0 Å². The lowest BCUT2D eigenvalue weighted by molar-refractivity contribution is 0.214. The van der Waals surface area contributed by atoms with Gasteiger partial charge in [-0.15, -0.1) is 0 Å². The van der Waals surface area contributed by atoms with E-state index in [1.54, 1.807) is 19.0 Å². The molecule has 0 heterocycles. The lowest BCUT2D eigenvalue weighted by Crippen LogP contribution is -2.37. The van der Waals surface area contributed by atoms with Crippen LogP contribution in [0.2, 0.25) is 0 Å². The number of hydrogen-bond donors (Lipinski definition) is 1. The fourth-order valence-electron chi connectivity index (χ4n) is 1.25. The summed E-state index contributed by atoms with van der Waals surface area (Å²) >= 11 is 0. The summed E-state index contributed by atoms with van der Waals surface area (Å²) in [6, 6.07) is 0.0229. The molecule has 0 radical (unpaired) electrons. The van der Waals surface area contributed by atoms with Crippen LogP contribution in [-0.4, -0.2) is 31.6 Å². The van der Waals surface area contributed by atoms with E-state index < -0.39 is 0 Å². The standard InChI is InChI=1S/C9H18N2O/c1-4-9(5-6-9)7-10-8(12)11(2)3/h4-7H2,1-3H3,(H,10,12). The SMILES string of the molecule is CCC1(CNC(=O)N(C)C)CC1. The molecule has 12 heavy (non-hydrogen) atoms. The minimum absolute atomic E-state index is 0.0229. The minimum atomic E-state index is 0.0229. The molecule has 1 aliphatic rings. The van der Waals surface area contributed by atoms with E-state index in [1.807, 2.05) is 0 Å². The zero-order chi connectivity index (χ0) is 9.19. The zero-order valence-corrected chi connectivity index (χ0v) is 8.18. The largest absolute Gasteiger partial charge is 0.337 e. The number of rotatable bonds is 3. The molecule has 3 heteroatoms. The number of urea groups is 1. The van der Waals surface area contributed by atoms with Crippen molar-refractivity contribution < 1.29 is 4.79 Å². The predicted octanol–water partition coefficient (Wildman–Crippen LogP) is 1.45. The van der Waals surface area contributed by atoms with Crippen molar-refractivity contribution in [2.75, 3.05) is 20.6 Å². The van der Waals surface area contributed by atoms with E-state index in [0.29, 0.717) is 5.41 Å². The van der Waals surface area contributed by atoms with E-state index in [-0.39, 0.29) is 6.03 Å². The molecular weight excluding hydrogens is 152 g/mol. The summed E-state index contributed by atoms with van der Waals surface area (Å²) in [5.41, 5.74) is 0.450. The Balaban J connectivity index is 2.21. The molecule has 2 amide bonds. The Labute approximate surface area is 74.1 Å². The fraction of sp³-hybridized carbons (Fsp3) is 0.889. The molecule has 1 saturated carbocycles. The van der Waals surface area contributed by atoms with Gasteiger partial charge in [-0.3, -0.25) is 0 Å². The van der Waals surface area contributed by atoms with Crippen molar-refractivity contribution in [3.05, 3.63) is 0 Å². The van der Waals surface area contributed by atoms with E-state index in [2.05, 4.69) is 12.2 Å². The predicted molar refractivity (Wildman–Crippen MR) is 49.0 cm³/mol. The molecule has 1 N–H and O–H groups in total. The molecule has 0 saturated heterocycles. The van der Waals surface area contributed by atoms with Gasteiger partial charge in [0.15, 0.2) is 0 Å². The minimum Gasteiger partial charge on any atom is -0.337 e. The zero-order valence-electron chi connectivity index (χ0n) is 8.18. The van der Waals surface area contributed by atoms with Gasteiger partial charge in [-0.1, -0.05) is 6.92 Å². The highest BCUT2D eigenvalue weighted by molar-refractivity contribution is 5.73. The molecule has 0 aromatic rings. The van der Waals surface area contributed by atoms with Crippen molar-refractivity contribution in [1.29, 1.82) is 0 Å². The van der Waals surface area contributed by atoms with Crippen LogP contribution in [0.4, 0.5) is 4.79 Å². The van der Waals surface area contributed by atoms with Crippen molar-refractivity contribution in [3.63, 3.8) is 0 Å². The monoisotopic (exact) mass is 170 g/mol. The highest BCUT2D eigenvalue weighted by atomic mass is 16.2. The smallest absolute Gasteiger partial charge is 0.316 e. The third kappa shape index (κ3) is 2.13. The molecule has 70 valence electrons. The number of nitrogens with one attached hydrogen (secondary N) is 1. The van der Waals surface area contributed by atoms with Gasteiger partial charge in [0.25, 0.3) is 0 Å². The Bertz CT molecular complexity index is 173. The molecule has 0 atom stereocenters. The second kappa shape index (κ2) is 3.33. The van der Waals surface area contributed by atoms with Gasteiger partial charge in [-0.25, -0.2) is 4.79 Å². The number of amides is 2. The van der Waals surface area contributed by atoms with Gasteiger partial charge in [0.1, 0.15) is 0 Å². The van der Waals surface area contributed by atoms with Crippen molar-refractivity contribution in [2.24, 2.45) is 5.41 Å². The van der Waals surface area contributed by atoms with E-state index in [0.717, 1.165) is 6.54 Å². The molecule has 0 aliphatic heterocycles. The third-order valence-electron chi connectivity index (χ3n) is 2.73. The molecule has 0 unspecified atom stereocenters. The maximum absolute atomic E-state index is 11.1. The molecule has 1 aliphatic carbocycles. The van der Waals surface area contributed by atoms with Gasteiger partial charge in [0, 0.05) is 20.6 Å². The van der Waals surface area contributed by atoms with E-state index in [9.17, 15) is 4.79 Å². The van der Waals surface area contributed by atoms with Crippen molar-refractivity contribution >= 4 is 6.03 Å². The van der Waals surface area contributed by atoms with Crippen LogP contribution in [0.25, 0.3) is 0 Å². The van der Waals surface area contributed by atoms with Crippen LogP contribution in [-0.2, 0) is 0 Å². The molecule has 0 spiro atoms. The molecule has 0 aromatic heterocycles. The Morgan fingerprint density at radius 3 is 2.42 bits per heavy atom. The van der Waals surface area contributed by atoms with Crippen LogP contribution in [0.3, 0.4) is 0 Å². The number of carbonyl (C=O) groups excluding carboxylic acids is 1. The first-order valence-corrected chi connectivity index (χ1v) is 4.55. The first-order valence-electron chi connectivity index (χ1n) is 4.55. The van der Waals surface area contributed by atoms with Crippen LogP contribution < -0.4 is 5.32 Å². The van der Waals surface area contributed by atoms with E-state index in [1.165, 1.54) is 19.3 Å². The topological polar surface area (TPSA) is 32.3 Å². The average molecular weight is 170 g/mol. The van der Waals surface area contributed by atoms with Crippen LogP contribution in [0.1, 0.15) is 26.2 Å². The summed E-state index contributed by atoms with van der Waals surface area (Å²) in [6.45, 7) is 3.04. The maximum Gasteiger partial charge on any atom is 0.316 e. The van der Waals surface area contributed by atoms with E-state index >= 15 is 0 Å². The van der Waals surface area contributed by atoms with Gasteiger partial charge >= 0.3 is 6.03 Å². The highest BCUT2D eigenvalue weighted by Crippen LogP contribution is 2.47. The van der Waals surface area contributed by atoms with Gasteiger partial charge in [-0.05, 0) is 24.7 Å². The lowest BCUT2D eigenvalue weighted by atomic mass is 10.0. The second-order valence-electron chi connectivity index (χ2n) is 3.91. The Hall–Kier alpha value is -0.730. The summed E-state index contributed by atoms with van der Waals surface area (Å²) in [4.78, 5) is 12.7. The Morgan fingerprint density at radius 2 is 2.08 bits per heavy atom. The summed E-state index contributed by atoms with van der Waals surface area (Å²) < 4.78 is 0. The second-order valence-corrected chi connectivity index (χ2v) is 3.91. The van der Waals surface area contributed by atoms with Crippen LogP contribution in [0.5, 0.6) is 0 Å². The molecule has 1 rings (SSSR count). The quantitative estimate of drug-likeness (QED) is 0.683. The first kappa shape index (κ1) is 9.36.